The molecule has 0 aliphatic carbocycles. The van der Waals surface area contributed by atoms with E-state index in [1.165, 1.54) is 22.3 Å². The average Bonchev–Trinajstić information content (AvgIpc) is 3.06. The largest absolute Gasteiger partial charge is 0.294 e. The van der Waals surface area contributed by atoms with Crippen molar-refractivity contribution < 1.29 is 0 Å². The van der Waals surface area contributed by atoms with Crippen LogP contribution < -0.4 is 9.80 Å². The molecule has 0 atom stereocenters. The first-order valence-corrected chi connectivity index (χ1v) is 15.3. The van der Waals surface area contributed by atoms with Crippen LogP contribution in [0.2, 0.25) is 0 Å². The van der Waals surface area contributed by atoms with Gasteiger partial charge in [-0.25, -0.2) is 9.97 Å². The lowest BCUT2D eigenvalue weighted by Gasteiger charge is -2.42. The fraction of sp³-hybridized carbons (Fsp3) is 0.150. The summed E-state index contributed by atoms with van der Waals surface area (Å²) in [6.07, 6.45) is 0. The molecule has 6 aromatic rings. The summed E-state index contributed by atoms with van der Waals surface area (Å²) in [5, 5.41) is 0. The number of rotatable bonds is 3. The second-order valence-electron chi connectivity index (χ2n) is 12.8. The summed E-state index contributed by atoms with van der Waals surface area (Å²) in [5.41, 5.74) is 10.1. The molecule has 214 valence electrons. The number of para-hydroxylation sites is 3. The maximum absolute atomic E-state index is 5.43. The summed E-state index contributed by atoms with van der Waals surface area (Å²) in [4.78, 5) is 15.3. The maximum atomic E-state index is 5.43. The molecular weight excluding hydrogens is 536 g/mol. The van der Waals surface area contributed by atoms with Gasteiger partial charge in [-0.1, -0.05) is 125 Å². The molecule has 0 spiro atoms. The van der Waals surface area contributed by atoms with Crippen molar-refractivity contribution >= 4 is 34.5 Å². The number of anilines is 6. The first-order valence-electron chi connectivity index (χ1n) is 15.3. The lowest BCUT2D eigenvalue weighted by Crippen LogP contribution is -2.32. The lowest BCUT2D eigenvalue weighted by atomic mass is 9.73. The Labute approximate surface area is 259 Å². The van der Waals surface area contributed by atoms with E-state index in [-0.39, 0.29) is 10.8 Å². The molecule has 2 aliphatic heterocycles. The van der Waals surface area contributed by atoms with Crippen LogP contribution >= 0.6 is 0 Å². The Kier molecular flexibility index (Phi) is 5.79. The highest BCUT2D eigenvalue weighted by molar-refractivity contribution is 5.87. The molecule has 0 radical (unpaired) electrons. The summed E-state index contributed by atoms with van der Waals surface area (Å²) in [5.74, 6) is 2.63. The van der Waals surface area contributed by atoms with Gasteiger partial charge in [0.25, 0.3) is 0 Å². The van der Waals surface area contributed by atoms with Crippen molar-refractivity contribution in [1.82, 2.24) is 9.97 Å². The molecule has 0 N–H and O–H groups in total. The zero-order chi connectivity index (χ0) is 30.1. The zero-order valence-electron chi connectivity index (χ0n) is 25.5. The minimum absolute atomic E-state index is 0.130. The third kappa shape index (κ3) is 3.84. The molecule has 44 heavy (non-hydrogen) atoms. The monoisotopic (exact) mass is 570 g/mol. The van der Waals surface area contributed by atoms with E-state index in [4.69, 9.17) is 9.97 Å². The molecule has 8 rings (SSSR count). The summed E-state index contributed by atoms with van der Waals surface area (Å²) >= 11 is 0. The van der Waals surface area contributed by atoms with E-state index >= 15 is 0 Å². The van der Waals surface area contributed by atoms with Crippen molar-refractivity contribution in [1.29, 1.82) is 0 Å². The second-order valence-corrected chi connectivity index (χ2v) is 12.8. The minimum Gasteiger partial charge on any atom is -0.294 e. The smallest absolute Gasteiger partial charge is 0.143 e. The Morgan fingerprint density at radius 2 is 0.886 bits per heavy atom. The van der Waals surface area contributed by atoms with E-state index in [2.05, 4.69) is 165 Å². The van der Waals surface area contributed by atoms with Crippen molar-refractivity contribution in [3.8, 4) is 11.3 Å². The number of nitrogens with zero attached hydrogens (tertiary/aromatic N) is 4. The highest BCUT2D eigenvalue weighted by Gasteiger charge is 2.40. The maximum Gasteiger partial charge on any atom is 0.143 e. The molecule has 0 bridgehead atoms. The Bertz CT molecular complexity index is 1990. The predicted molar refractivity (Wildman–Crippen MR) is 181 cm³/mol. The molecule has 2 aromatic heterocycles. The van der Waals surface area contributed by atoms with Gasteiger partial charge in [-0.15, -0.1) is 0 Å². The van der Waals surface area contributed by atoms with Gasteiger partial charge in [0.1, 0.15) is 17.5 Å². The second kappa shape index (κ2) is 9.65. The van der Waals surface area contributed by atoms with Crippen LogP contribution in [-0.4, -0.2) is 9.97 Å². The SMILES string of the molecule is CC1(C)c2ccccc2N(c2cccc(N3c4ccccc4C(C)(C)c4ccc(-c5ccccc5)nc43)n2)c2ccccc21. The van der Waals surface area contributed by atoms with Crippen molar-refractivity contribution in [3.63, 3.8) is 0 Å². The predicted octanol–water partition coefficient (Wildman–Crippen LogP) is 10.4. The van der Waals surface area contributed by atoms with Crippen LogP contribution in [0, 0.1) is 0 Å². The van der Waals surface area contributed by atoms with Crippen LogP contribution in [0.3, 0.4) is 0 Å². The van der Waals surface area contributed by atoms with E-state index in [9.17, 15) is 0 Å². The Hall–Kier alpha value is -5.22. The minimum atomic E-state index is -0.224. The molecule has 0 fully saturated rings. The highest BCUT2D eigenvalue weighted by Crippen LogP contribution is 2.53. The van der Waals surface area contributed by atoms with Gasteiger partial charge in [0.05, 0.1) is 22.8 Å². The molecule has 0 saturated heterocycles. The molecular formula is C40H34N4. The standard InChI is InChI=1S/C40H34N4/c1-39(2)28-17-8-11-20-33(28)43(34-21-12-9-18-29(34)39)36-23-14-24-37(42-36)44-35-22-13-10-19-30(35)40(3,4)31-25-26-32(41-38(31)44)27-15-6-5-7-16-27/h5-26H,1-4H3. The summed E-state index contributed by atoms with van der Waals surface area (Å²) in [7, 11) is 0. The number of pyridine rings is 2. The van der Waals surface area contributed by atoms with Gasteiger partial charge in [0, 0.05) is 22.0 Å². The molecule has 2 aliphatic rings. The quantitative estimate of drug-likeness (QED) is 0.212. The van der Waals surface area contributed by atoms with Gasteiger partial charge in [-0.2, -0.15) is 0 Å². The molecule has 0 unspecified atom stereocenters. The number of fused-ring (bicyclic) bond motifs is 4. The fourth-order valence-electron chi connectivity index (χ4n) is 7.14. The zero-order valence-corrected chi connectivity index (χ0v) is 25.5. The Morgan fingerprint density at radius 3 is 1.48 bits per heavy atom. The van der Waals surface area contributed by atoms with E-state index in [1.807, 2.05) is 6.07 Å². The fourth-order valence-corrected chi connectivity index (χ4v) is 7.14. The number of hydrogen-bond donors (Lipinski definition) is 0. The summed E-state index contributed by atoms with van der Waals surface area (Å²) in [6.45, 7) is 9.20. The van der Waals surface area contributed by atoms with E-state index in [1.54, 1.807) is 0 Å². The first kappa shape index (κ1) is 26.4. The number of benzene rings is 4. The molecule has 4 heteroatoms. The van der Waals surface area contributed by atoms with Crippen molar-refractivity contribution in [3.05, 3.63) is 156 Å². The van der Waals surface area contributed by atoms with E-state index < -0.39 is 0 Å². The van der Waals surface area contributed by atoms with Crippen LogP contribution in [0.15, 0.2) is 133 Å². The normalized spacial score (nSPS) is 15.5. The third-order valence-corrected chi connectivity index (χ3v) is 9.46. The van der Waals surface area contributed by atoms with Crippen molar-refractivity contribution in [2.75, 3.05) is 9.80 Å². The van der Waals surface area contributed by atoms with Gasteiger partial charge in [0.2, 0.25) is 0 Å². The van der Waals surface area contributed by atoms with Crippen LogP contribution in [-0.2, 0) is 10.8 Å². The molecule has 0 amide bonds. The summed E-state index contributed by atoms with van der Waals surface area (Å²) < 4.78 is 0. The van der Waals surface area contributed by atoms with Gasteiger partial charge >= 0.3 is 0 Å². The van der Waals surface area contributed by atoms with Gasteiger partial charge in [-0.3, -0.25) is 9.80 Å². The Balaban J connectivity index is 1.34. The van der Waals surface area contributed by atoms with Gasteiger partial charge in [-0.05, 0) is 53.1 Å². The molecule has 0 saturated carbocycles. The third-order valence-electron chi connectivity index (χ3n) is 9.46. The van der Waals surface area contributed by atoms with E-state index in [0.29, 0.717) is 0 Å². The van der Waals surface area contributed by atoms with E-state index in [0.717, 1.165) is 45.8 Å². The lowest BCUT2D eigenvalue weighted by molar-refractivity contribution is 0.627. The van der Waals surface area contributed by atoms with Crippen molar-refractivity contribution in [2.45, 2.75) is 38.5 Å². The van der Waals surface area contributed by atoms with Gasteiger partial charge < -0.3 is 0 Å². The van der Waals surface area contributed by atoms with Crippen LogP contribution in [0.1, 0.15) is 49.9 Å². The van der Waals surface area contributed by atoms with Crippen LogP contribution in [0.4, 0.5) is 34.5 Å². The van der Waals surface area contributed by atoms with Crippen LogP contribution in [0.5, 0.6) is 0 Å². The number of hydrogen-bond acceptors (Lipinski definition) is 4. The van der Waals surface area contributed by atoms with Gasteiger partial charge in [0.15, 0.2) is 0 Å². The van der Waals surface area contributed by atoms with Crippen LogP contribution in [0.25, 0.3) is 11.3 Å². The molecule has 4 aromatic carbocycles. The topological polar surface area (TPSA) is 32.3 Å². The summed E-state index contributed by atoms with van der Waals surface area (Å²) in [6, 6.07) is 47.2. The Morgan fingerprint density at radius 1 is 0.409 bits per heavy atom. The molecule has 4 nitrogen and oxygen atoms in total. The van der Waals surface area contributed by atoms with Crippen molar-refractivity contribution in [2.24, 2.45) is 0 Å². The highest BCUT2D eigenvalue weighted by atomic mass is 15.3. The first-order chi connectivity index (χ1) is 21.4. The average molecular weight is 571 g/mol. The molecule has 4 heterocycles. The number of aromatic nitrogens is 2.